The number of benzene rings is 2. The Labute approximate surface area is 179 Å². The Kier molecular flexibility index (Phi) is 9.28. The Balaban J connectivity index is 1.98. The number of rotatable bonds is 10. The van der Waals surface area contributed by atoms with Crippen LogP contribution in [0.15, 0.2) is 47.5 Å². The molecule has 0 saturated heterocycles. The van der Waals surface area contributed by atoms with Crippen LogP contribution in [0, 0.1) is 6.92 Å². The van der Waals surface area contributed by atoms with Crippen LogP contribution in [0.2, 0.25) is 0 Å². The number of aryl methyl sites for hydroxylation is 1. The van der Waals surface area contributed by atoms with Gasteiger partial charge in [-0.05, 0) is 43.7 Å². The van der Waals surface area contributed by atoms with Gasteiger partial charge in [-0.3, -0.25) is 4.99 Å². The first-order valence-corrected chi connectivity index (χ1v) is 10.0. The number of nitrogens with zero attached hydrogens (tertiary/aromatic N) is 2. The molecule has 0 amide bonds. The highest BCUT2D eigenvalue weighted by atomic mass is 16.5. The highest BCUT2D eigenvalue weighted by molar-refractivity contribution is 5.79. The van der Waals surface area contributed by atoms with Crippen molar-refractivity contribution >= 4 is 5.96 Å². The Hall–Kier alpha value is -2.93. The van der Waals surface area contributed by atoms with Crippen molar-refractivity contribution in [3.63, 3.8) is 0 Å². The minimum Gasteiger partial charge on any atom is -0.497 e. The average Bonchev–Trinajstić information content (AvgIpc) is 2.75. The van der Waals surface area contributed by atoms with Crippen molar-refractivity contribution < 1.29 is 19.3 Å². The number of aliphatic imine (C=N–C) groups is 1. The summed E-state index contributed by atoms with van der Waals surface area (Å²) < 4.78 is 16.4. The molecule has 164 valence electrons. The molecule has 0 aromatic heterocycles. The molecule has 0 aliphatic rings. The summed E-state index contributed by atoms with van der Waals surface area (Å²) in [6, 6.07) is 13.5. The Morgan fingerprint density at radius 2 is 1.93 bits per heavy atom. The molecule has 7 heteroatoms. The first kappa shape index (κ1) is 23.3. The fraction of sp³-hybridized carbons (Fsp3) is 0.435. The van der Waals surface area contributed by atoms with Crippen molar-refractivity contribution in [2.24, 2.45) is 4.99 Å². The lowest BCUT2D eigenvalue weighted by molar-refractivity contribution is 0.114. The summed E-state index contributed by atoms with van der Waals surface area (Å²) in [7, 11) is 5.22. The second kappa shape index (κ2) is 11.9. The third-order valence-corrected chi connectivity index (χ3v) is 4.48. The molecule has 30 heavy (non-hydrogen) atoms. The molecule has 2 N–H and O–H groups in total. The van der Waals surface area contributed by atoms with E-state index in [-0.39, 0.29) is 13.2 Å². The number of aliphatic hydroxyl groups excluding tert-OH is 1. The summed E-state index contributed by atoms with van der Waals surface area (Å²) in [5.41, 5.74) is 2.12. The smallest absolute Gasteiger partial charge is 0.194 e. The van der Waals surface area contributed by atoms with Crippen LogP contribution >= 0.6 is 0 Å². The molecule has 2 aromatic carbocycles. The van der Waals surface area contributed by atoms with Gasteiger partial charge in [-0.1, -0.05) is 12.1 Å². The van der Waals surface area contributed by atoms with Gasteiger partial charge in [-0.15, -0.1) is 0 Å². The van der Waals surface area contributed by atoms with Crippen molar-refractivity contribution in [2.45, 2.75) is 26.5 Å². The van der Waals surface area contributed by atoms with Crippen molar-refractivity contribution in [1.29, 1.82) is 0 Å². The fourth-order valence-electron chi connectivity index (χ4n) is 2.92. The highest BCUT2D eigenvalue weighted by Crippen LogP contribution is 2.25. The quantitative estimate of drug-likeness (QED) is 0.459. The van der Waals surface area contributed by atoms with Crippen molar-refractivity contribution in [2.75, 3.05) is 41.0 Å². The van der Waals surface area contributed by atoms with Gasteiger partial charge in [0.15, 0.2) is 5.96 Å². The monoisotopic (exact) mass is 415 g/mol. The van der Waals surface area contributed by atoms with E-state index in [1.165, 1.54) is 0 Å². The standard InChI is InChI=1S/C23H33N3O4/c1-6-24-23(25-14-19(27)16-30-21-9-7-8-17(2)12-21)26(3)15-18-10-11-20(28-4)13-22(18)29-5/h7-13,19,27H,6,14-16H2,1-5H3,(H,24,25). The fourth-order valence-corrected chi connectivity index (χ4v) is 2.92. The molecule has 0 saturated carbocycles. The van der Waals surface area contributed by atoms with Crippen LogP contribution in [0.4, 0.5) is 0 Å². The Morgan fingerprint density at radius 1 is 1.13 bits per heavy atom. The second-order valence-corrected chi connectivity index (χ2v) is 7.01. The summed E-state index contributed by atoms with van der Waals surface area (Å²) in [5.74, 6) is 2.94. The number of ether oxygens (including phenoxy) is 3. The van der Waals surface area contributed by atoms with Gasteiger partial charge in [0.05, 0.1) is 20.8 Å². The van der Waals surface area contributed by atoms with E-state index < -0.39 is 6.10 Å². The minimum absolute atomic E-state index is 0.183. The molecule has 2 aromatic rings. The van der Waals surface area contributed by atoms with Gasteiger partial charge >= 0.3 is 0 Å². The maximum Gasteiger partial charge on any atom is 0.194 e. The molecule has 0 spiro atoms. The molecule has 0 aliphatic heterocycles. The number of guanidine groups is 1. The summed E-state index contributed by atoms with van der Waals surface area (Å²) in [4.78, 5) is 6.55. The highest BCUT2D eigenvalue weighted by Gasteiger charge is 2.12. The molecule has 0 heterocycles. The van der Waals surface area contributed by atoms with Gasteiger partial charge < -0.3 is 29.5 Å². The summed E-state index contributed by atoms with van der Waals surface area (Å²) in [5, 5.41) is 13.6. The molecule has 0 radical (unpaired) electrons. The van der Waals surface area contributed by atoms with Crippen LogP contribution in [0.25, 0.3) is 0 Å². The molecule has 0 aliphatic carbocycles. The van der Waals surface area contributed by atoms with E-state index in [4.69, 9.17) is 14.2 Å². The third kappa shape index (κ3) is 7.15. The number of hydrogen-bond donors (Lipinski definition) is 2. The first-order valence-electron chi connectivity index (χ1n) is 10.0. The Bertz CT molecular complexity index is 826. The van der Waals surface area contributed by atoms with Gasteiger partial charge in [-0.25, -0.2) is 0 Å². The Morgan fingerprint density at radius 3 is 2.60 bits per heavy atom. The van der Waals surface area contributed by atoms with Crippen LogP contribution in [0.5, 0.6) is 17.2 Å². The van der Waals surface area contributed by atoms with E-state index in [1.807, 2.05) is 68.3 Å². The molecule has 1 unspecified atom stereocenters. The number of methoxy groups -OCH3 is 2. The van der Waals surface area contributed by atoms with Crippen LogP contribution in [0.3, 0.4) is 0 Å². The summed E-state index contributed by atoms with van der Waals surface area (Å²) >= 11 is 0. The second-order valence-electron chi connectivity index (χ2n) is 7.01. The van der Waals surface area contributed by atoms with Crippen molar-refractivity contribution in [3.05, 3.63) is 53.6 Å². The number of nitrogens with one attached hydrogen (secondary N) is 1. The molecule has 0 bridgehead atoms. The lowest BCUT2D eigenvalue weighted by Crippen LogP contribution is -2.39. The predicted molar refractivity (Wildman–Crippen MR) is 120 cm³/mol. The van der Waals surface area contributed by atoms with Crippen LogP contribution in [-0.4, -0.2) is 63.0 Å². The van der Waals surface area contributed by atoms with E-state index in [1.54, 1.807) is 14.2 Å². The van der Waals surface area contributed by atoms with Gasteiger partial charge in [0.2, 0.25) is 0 Å². The van der Waals surface area contributed by atoms with Crippen molar-refractivity contribution in [1.82, 2.24) is 10.2 Å². The van der Waals surface area contributed by atoms with E-state index in [9.17, 15) is 5.11 Å². The first-order chi connectivity index (χ1) is 14.5. The van der Waals surface area contributed by atoms with E-state index in [0.717, 1.165) is 34.9 Å². The van der Waals surface area contributed by atoms with Crippen LogP contribution < -0.4 is 19.5 Å². The average molecular weight is 416 g/mol. The molecule has 2 rings (SSSR count). The molecular formula is C23H33N3O4. The third-order valence-electron chi connectivity index (χ3n) is 4.48. The van der Waals surface area contributed by atoms with Gasteiger partial charge in [-0.2, -0.15) is 0 Å². The SMILES string of the molecule is CCNC(=NCC(O)COc1cccc(C)c1)N(C)Cc1ccc(OC)cc1OC. The minimum atomic E-state index is -0.705. The molecule has 7 nitrogen and oxygen atoms in total. The van der Waals surface area contributed by atoms with Gasteiger partial charge in [0.25, 0.3) is 0 Å². The van der Waals surface area contributed by atoms with E-state index >= 15 is 0 Å². The molecule has 1 atom stereocenters. The van der Waals surface area contributed by atoms with Gasteiger partial charge in [0.1, 0.15) is 30.0 Å². The summed E-state index contributed by atoms with van der Waals surface area (Å²) in [6.45, 7) is 5.74. The number of aliphatic hydroxyl groups is 1. The predicted octanol–water partition coefficient (Wildman–Crippen LogP) is 2.85. The van der Waals surface area contributed by atoms with E-state index in [0.29, 0.717) is 12.5 Å². The lowest BCUT2D eigenvalue weighted by Gasteiger charge is -2.23. The number of hydrogen-bond acceptors (Lipinski definition) is 5. The van der Waals surface area contributed by atoms with Crippen LogP contribution in [-0.2, 0) is 6.54 Å². The maximum atomic E-state index is 10.3. The van der Waals surface area contributed by atoms with Crippen LogP contribution in [0.1, 0.15) is 18.1 Å². The van der Waals surface area contributed by atoms with Crippen molar-refractivity contribution in [3.8, 4) is 17.2 Å². The maximum absolute atomic E-state index is 10.3. The van der Waals surface area contributed by atoms with E-state index in [2.05, 4.69) is 10.3 Å². The lowest BCUT2D eigenvalue weighted by atomic mass is 10.2. The molecule has 0 fully saturated rings. The zero-order valence-corrected chi connectivity index (χ0v) is 18.5. The molecular weight excluding hydrogens is 382 g/mol. The normalized spacial score (nSPS) is 12.3. The van der Waals surface area contributed by atoms with Gasteiger partial charge in [0, 0.05) is 31.8 Å². The summed E-state index contributed by atoms with van der Waals surface area (Å²) in [6.07, 6.45) is -0.705. The zero-order valence-electron chi connectivity index (χ0n) is 18.5. The largest absolute Gasteiger partial charge is 0.497 e. The zero-order chi connectivity index (χ0) is 21.9. The topological polar surface area (TPSA) is 75.6 Å².